The van der Waals surface area contributed by atoms with E-state index in [9.17, 15) is 4.79 Å². The number of hydrogen-bond donors (Lipinski definition) is 1. The summed E-state index contributed by atoms with van der Waals surface area (Å²) in [5, 5.41) is 2.76. The summed E-state index contributed by atoms with van der Waals surface area (Å²) in [6.45, 7) is 3.14. The number of hydrogen-bond acceptors (Lipinski definition) is 4. The minimum atomic E-state index is -0.395. The molecule has 0 radical (unpaired) electrons. The van der Waals surface area contributed by atoms with Gasteiger partial charge in [-0.15, -0.1) is 0 Å². The van der Waals surface area contributed by atoms with Crippen LogP contribution in [0.2, 0.25) is 0 Å². The molecule has 1 atom stereocenters. The third kappa shape index (κ3) is 2.72. The smallest absolute Gasteiger partial charge is 0.412 e. The van der Waals surface area contributed by atoms with Crippen LogP contribution >= 0.6 is 0 Å². The number of amides is 1. The molecule has 0 aromatic heterocycles. The van der Waals surface area contributed by atoms with Crippen molar-refractivity contribution in [2.24, 2.45) is 5.92 Å². The lowest BCUT2D eigenvalue weighted by Crippen LogP contribution is -2.52. The number of benzene rings is 1. The van der Waals surface area contributed by atoms with Gasteiger partial charge in [0, 0.05) is 6.54 Å². The number of carbonyl (C=O) groups is 1. The molecule has 0 aliphatic carbocycles. The largest absolute Gasteiger partial charge is 0.495 e. The van der Waals surface area contributed by atoms with Gasteiger partial charge >= 0.3 is 6.09 Å². The number of carbonyl (C=O) groups excluding carboxylic acids is 1. The summed E-state index contributed by atoms with van der Waals surface area (Å²) in [5.41, 5.74) is 0.640. The normalized spacial score (nSPS) is 27.9. The average Bonchev–Trinajstić information content (AvgIpc) is 2.49. The van der Waals surface area contributed by atoms with Gasteiger partial charge in [0.25, 0.3) is 0 Å². The maximum atomic E-state index is 12.0. The molecule has 5 nitrogen and oxygen atoms in total. The predicted molar refractivity (Wildman–Crippen MR) is 76.0 cm³/mol. The summed E-state index contributed by atoms with van der Waals surface area (Å²) in [7, 11) is 1.58. The van der Waals surface area contributed by atoms with E-state index in [-0.39, 0.29) is 6.10 Å². The fourth-order valence-corrected chi connectivity index (χ4v) is 3.07. The Morgan fingerprint density at radius 1 is 1.30 bits per heavy atom. The number of nitrogens with zero attached hydrogens (tertiary/aromatic N) is 1. The van der Waals surface area contributed by atoms with Gasteiger partial charge in [-0.3, -0.25) is 10.2 Å². The molecule has 108 valence electrons. The number of rotatable bonds is 3. The summed E-state index contributed by atoms with van der Waals surface area (Å²) in [6.07, 6.45) is 1.89. The molecule has 1 unspecified atom stereocenters. The van der Waals surface area contributed by atoms with Crippen LogP contribution in [0.1, 0.15) is 12.8 Å². The van der Waals surface area contributed by atoms with Crippen LogP contribution in [-0.2, 0) is 4.74 Å². The van der Waals surface area contributed by atoms with Crippen molar-refractivity contribution in [2.45, 2.75) is 18.9 Å². The Labute approximate surface area is 118 Å². The van der Waals surface area contributed by atoms with Gasteiger partial charge in [0.15, 0.2) is 0 Å². The van der Waals surface area contributed by atoms with Crippen molar-refractivity contribution >= 4 is 11.8 Å². The molecule has 0 spiro atoms. The van der Waals surface area contributed by atoms with E-state index in [4.69, 9.17) is 9.47 Å². The topological polar surface area (TPSA) is 50.8 Å². The Balaban J connectivity index is 1.60. The molecule has 3 heterocycles. The lowest BCUT2D eigenvalue weighted by atomic mass is 9.86. The second-order valence-electron chi connectivity index (χ2n) is 5.41. The highest BCUT2D eigenvalue weighted by Crippen LogP contribution is 2.30. The highest BCUT2D eigenvalue weighted by atomic mass is 16.6. The van der Waals surface area contributed by atoms with Crippen molar-refractivity contribution < 1.29 is 14.3 Å². The highest BCUT2D eigenvalue weighted by molar-refractivity contribution is 5.86. The van der Waals surface area contributed by atoms with Crippen LogP contribution in [0.15, 0.2) is 24.3 Å². The SMILES string of the molecule is COc1ccccc1NC(=O)OC1CN2CCC1CC2. The molecule has 3 aliphatic rings. The quantitative estimate of drug-likeness (QED) is 0.920. The molecule has 5 heteroatoms. The van der Waals surface area contributed by atoms with E-state index in [1.807, 2.05) is 18.2 Å². The maximum absolute atomic E-state index is 12.0. The lowest BCUT2D eigenvalue weighted by Gasteiger charge is -2.43. The molecular formula is C15H20N2O3. The number of methoxy groups -OCH3 is 1. The molecule has 1 amide bonds. The molecule has 0 saturated carbocycles. The lowest BCUT2D eigenvalue weighted by molar-refractivity contribution is -0.0289. The Hall–Kier alpha value is -1.75. The summed E-state index contributed by atoms with van der Waals surface area (Å²) in [4.78, 5) is 14.4. The van der Waals surface area contributed by atoms with Gasteiger partial charge in [-0.05, 0) is 44.0 Å². The first kappa shape index (κ1) is 13.2. The Morgan fingerprint density at radius 3 is 2.70 bits per heavy atom. The summed E-state index contributed by atoms with van der Waals surface area (Å²) >= 11 is 0. The number of anilines is 1. The molecule has 2 bridgehead atoms. The first-order valence-electron chi connectivity index (χ1n) is 7.09. The number of fused-ring (bicyclic) bond motifs is 3. The van der Waals surface area contributed by atoms with Gasteiger partial charge < -0.3 is 9.47 Å². The van der Waals surface area contributed by atoms with Crippen LogP contribution in [-0.4, -0.2) is 43.8 Å². The molecule has 3 fully saturated rings. The predicted octanol–water partition coefficient (Wildman–Crippen LogP) is 2.34. The third-order valence-electron chi connectivity index (χ3n) is 4.20. The van der Waals surface area contributed by atoms with Crippen molar-refractivity contribution in [3.05, 3.63) is 24.3 Å². The van der Waals surface area contributed by atoms with Crippen LogP contribution in [0.25, 0.3) is 0 Å². The van der Waals surface area contributed by atoms with Crippen molar-refractivity contribution in [1.29, 1.82) is 0 Å². The molecule has 20 heavy (non-hydrogen) atoms. The van der Waals surface area contributed by atoms with E-state index in [0.29, 0.717) is 17.4 Å². The molecule has 1 aromatic rings. The second-order valence-corrected chi connectivity index (χ2v) is 5.41. The van der Waals surface area contributed by atoms with Gasteiger partial charge in [-0.25, -0.2) is 4.79 Å². The summed E-state index contributed by atoms with van der Waals surface area (Å²) in [6, 6.07) is 7.33. The molecular weight excluding hydrogens is 256 g/mol. The van der Waals surface area contributed by atoms with Crippen LogP contribution in [0.5, 0.6) is 5.75 Å². The fourth-order valence-electron chi connectivity index (χ4n) is 3.07. The van der Waals surface area contributed by atoms with Crippen LogP contribution < -0.4 is 10.1 Å². The zero-order chi connectivity index (χ0) is 13.9. The number of nitrogens with one attached hydrogen (secondary N) is 1. The Kier molecular flexibility index (Phi) is 3.78. The van der Waals surface area contributed by atoms with E-state index in [1.54, 1.807) is 13.2 Å². The van der Waals surface area contributed by atoms with Gasteiger partial charge in [0.05, 0.1) is 12.8 Å². The van der Waals surface area contributed by atoms with E-state index < -0.39 is 6.09 Å². The number of piperidine rings is 3. The minimum Gasteiger partial charge on any atom is -0.495 e. The van der Waals surface area contributed by atoms with Gasteiger partial charge in [0.2, 0.25) is 0 Å². The third-order valence-corrected chi connectivity index (χ3v) is 4.20. The van der Waals surface area contributed by atoms with E-state index >= 15 is 0 Å². The minimum absolute atomic E-state index is 0.0206. The summed E-state index contributed by atoms with van der Waals surface area (Å²) in [5.74, 6) is 1.15. The van der Waals surface area contributed by atoms with E-state index in [1.165, 1.54) is 0 Å². The molecule has 1 aromatic carbocycles. The Morgan fingerprint density at radius 2 is 2.05 bits per heavy atom. The van der Waals surface area contributed by atoms with Gasteiger partial charge in [0.1, 0.15) is 11.9 Å². The van der Waals surface area contributed by atoms with Gasteiger partial charge in [-0.1, -0.05) is 12.1 Å². The van der Waals surface area contributed by atoms with Crippen LogP contribution in [0, 0.1) is 5.92 Å². The molecule has 3 aliphatic heterocycles. The molecule has 1 N–H and O–H groups in total. The average molecular weight is 276 g/mol. The maximum Gasteiger partial charge on any atom is 0.412 e. The first-order chi connectivity index (χ1) is 9.76. The van der Waals surface area contributed by atoms with E-state index in [2.05, 4.69) is 10.2 Å². The van der Waals surface area contributed by atoms with Crippen molar-refractivity contribution in [3.63, 3.8) is 0 Å². The Bertz CT molecular complexity index is 484. The first-order valence-corrected chi connectivity index (χ1v) is 7.09. The second kappa shape index (κ2) is 5.71. The van der Waals surface area contributed by atoms with Crippen LogP contribution in [0.4, 0.5) is 10.5 Å². The van der Waals surface area contributed by atoms with Crippen molar-refractivity contribution in [3.8, 4) is 5.75 Å². The van der Waals surface area contributed by atoms with E-state index in [0.717, 1.165) is 32.5 Å². The monoisotopic (exact) mass is 276 g/mol. The van der Waals surface area contributed by atoms with Crippen LogP contribution in [0.3, 0.4) is 0 Å². The highest BCUT2D eigenvalue weighted by Gasteiger charge is 2.36. The number of para-hydroxylation sites is 2. The zero-order valence-electron chi connectivity index (χ0n) is 11.7. The zero-order valence-corrected chi connectivity index (χ0v) is 11.7. The van der Waals surface area contributed by atoms with Gasteiger partial charge in [-0.2, -0.15) is 0 Å². The molecule has 3 saturated heterocycles. The number of ether oxygens (including phenoxy) is 2. The van der Waals surface area contributed by atoms with Crippen molar-refractivity contribution in [2.75, 3.05) is 32.1 Å². The molecule has 4 rings (SSSR count). The standard InChI is InChI=1S/C15H20N2O3/c1-19-13-5-3-2-4-12(13)16-15(18)20-14-10-17-8-6-11(14)7-9-17/h2-5,11,14H,6-10H2,1H3,(H,16,18). The summed E-state index contributed by atoms with van der Waals surface area (Å²) < 4.78 is 10.8. The fraction of sp³-hybridized carbons (Fsp3) is 0.533. The van der Waals surface area contributed by atoms with Crippen molar-refractivity contribution in [1.82, 2.24) is 4.90 Å².